The fraction of sp³-hybridized carbons (Fsp3) is 0.625. The van der Waals surface area contributed by atoms with Crippen molar-refractivity contribution in [1.82, 2.24) is 10.6 Å². The van der Waals surface area contributed by atoms with Crippen LogP contribution in [0.3, 0.4) is 0 Å². The van der Waals surface area contributed by atoms with Gasteiger partial charge in [0.05, 0.1) is 12.6 Å². The largest absolute Gasteiger partial charge is 0.352 e. The van der Waals surface area contributed by atoms with Crippen molar-refractivity contribution < 1.29 is 0 Å². The van der Waals surface area contributed by atoms with Crippen molar-refractivity contribution in [3.63, 3.8) is 0 Å². The zero-order chi connectivity index (χ0) is 21.1. The van der Waals surface area contributed by atoms with Crippen LogP contribution in [0.4, 0.5) is 0 Å². The number of nitrogens with zero attached hydrogens (tertiary/aromatic N) is 3. The number of rotatable bonds is 4. The van der Waals surface area contributed by atoms with Crippen LogP contribution in [0, 0.1) is 48.9 Å². The number of guanidine groups is 1. The zero-order valence-electron chi connectivity index (χ0n) is 18.2. The van der Waals surface area contributed by atoms with Gasteiger partial charge in [-0.25, -0.2) is 0 Å². The third-order valence-electron chi connectivity index (χ3n) is 7.27. The van der Waals surface area contributed by atoms with Crippen LogP contribution in [0.2, 0.25) is 0 Å². The van der Waals surface area contributed by atoms with Gasteiger partial charge in [0.2, 0.25) is 0 Å². The molecule has 30 heavy (non-hydrogen) atoms. The Bertz CT molecular complexity index is 833. The molecule has 2 aliphatic carbocycles. The van der Waals surface area contributed by atoms with Crippen LogP contribution in [-0.4, -0.2) is 30.9 Å². The summed E-state index contributed by atoms with van der Waals surface area (Å²) in [5.41, 5.74) is 10.3. The van der Waals surface area contributed by atoms with Crippen molar-refractivity contribution in [3.05, 3.63) is 34.9 Å². The maximum atomic E-state index is 9.55. The lowest BCUT2D eigenvalue weighted by Crippen LogP contribution is -2.48. The van der Waals surface area contributed by atoms with Gasteiger partial charge in [-0.1, -0.05) is 24.6 Å². The first-order valence-electron chi connectivity index (χ1n) is 11.3. The van der Waals surface area contributed by atoms with Crippen molar-refractivity contribution in [3.8, 4) is 6.07 Å². The lowest BCUT2D eigenvalue weighted by Gasteiger charge is -2.43. The highest BCUT2D eigenvalue weighted by Gasteiger charge is 2.38. The molecule has 3 aliphatic rings. The summed E-state index contributed by atoms with van der Waals surface area (Å²) in [6.07, 6.45) is 6.22. The van der Waals surface area contributed by atoms with Crippen LogP contribution in [0.5, 0.6) is 0 Å². The molecule has 4 N–H and O–H groups in total. The van der Waals surface area contributed by atoms with Gasteiger partial charge in [-0.05, 0) is 74.0 Å². The minimum Gasteiger partial charge on any atom is -0.352 e. The minimum absolute atomic E-state index is 0.291. The van der Waals surface area contributed by atoms with E-state index in [9.17, 15) is 5.26 Å². The fourth-order valence-electron chi connectivity index (χ4n) is 5.46. The normalized spacial score (nSPS) is 32.1. The van der Waals surface area contributed by atoms with Gasteiger partial charge < -0.3 is 16.4 Å². The lowest BCUT2D eigenvalue weighted by molar-refractivity contribution is 0.110. The van der Waals surface area contributed by atoms with Crippen LogP contribution >= 0.6 is 0 Å². The molecule has 160 valence electrons. The summed E-state index contributed by atoms with van der Waals surface area (Å²) in [6, 6.07) is 9.08. The molecule has 0 saturated heterocycles. The van der Waals surface area contributed by atoms with Gasteiger partial charge in [0.15, 0.2) is 5.96 Å². The molecule has 2 fully saturated rings. The van der Waals surface area contributed by atoms with E-state index in [1.54, 1.807) is 0 Å². The Hall–Kier alpha value is -2.39. The van der Waals surface area contributed by atoms with E-state index in [4.69, 9.17) is 10.7 Å². The Kier molecular flexibility index (Phi) is 6.38. The first kappa shape index (κ1) is 20.9. The molecule has 5 atom stereocenters. The molecular formula is C24H34N6. The fourth-order valence-corrected chi connectivity index (χ4v) is 5.46. The van der Waals surface area contributed by atoms with Crippen molar-refractivity contribution in [2.24, 2.45) is 39.4 Å². The second-order valence-electron chi connectivity index (χ2n) is 9.31. The molecule has 2 bridgehead atoms. The third kappa shape index (κ3) is 4.52. The van der Waals surface area contributed by atoms with Crippen molar-refractivity contribution in [1.29, 1.82) is 5.26 Å². The summed E-state index contributed by atoms with van der Waals surface area (Å²) in [5, 5.41) is 16.3. The Morgan fingerprint density at radius 2 is 1.93 bits per heavy atom. The number of aryl methyl sites for hydroxylation is 2. The van der Waals surface area contributed by atoms with Crippen molar-refractivity contribution in [2.75, 3.05) is 13.1 Å². The molecule has 0 radical (unpaired) electrons. The van der Waals surface area contributed by atoms with E-state index >= 15 is 0 Å². The van der Waals surface area contributed by atoms with E-state index in [0.717, 1.165) is 12.4 Å². The van der Waals surface area contributed by atoms with Crippen LogP contribution < -0.4 is 16.4 Å². The number of nitrogens with two attached hydrogens (primary N) is 1. The first-order chi connectivity index (χ1) is 14.5. The van der Waals surface area contributed by atoms with E-state index in [2.05, 4.69) is 53.7 Å². The third-order valence-corrected chi connectivity index (χ3v) is 7.27. The molecule has 1 aliphatic heterocycles. The lowest BCUT2D eigenvalue weighted by atomic mass is 9.65. The molecule has 4 rings (SSSR count). The molecule has 0 aromatic heterocycles. The Labute approximate surface area is 180 Å². The number of hydrogen-bond donors (Lipinski definition) is 3. The van der Waals surface area contributed by atoms with Gasteiger partial charge in [0, 0.05) is 19.1 Å². The number of hydrogen-bond acceptors (Lipinski definition) is 5. The highest BCUT2D eigenvalue weighted by atomic mass is 15.2. The van der Waals surface area contributed by atoms with E-state index in [1.165, 1.54) is 48.8 Å². The van der Waals surface area contributed by atoms with Gasteiger partial charge in [0.25, 0.3) is 0 Å². The van der Waals surface area contributed by atoms with E-state index in [1.807, 2.05) is 0 Å². The predicted octanol–water partition coefficient (Wildman–Crippen LogP) is 3.04. The molecule has 1 aromatic carbocycles. The van der Waals surface area contributed by atoms with Crippen LogP contribution in [0.1, 0.15) is 48.8 Å². The Morgan fingerprint density at radius 1 is 1.23 bits per heavy atom. The summed E-state index contributed by atoms with van der Waals surface area (Å²) in [4.78, 5) is 9.41. The van der Waals surface area contributed by atoms with E-state index < -0.39 is 0 Å². The molecular weight excluding hydrogens is 372 g/mol. The molecule has 6 nitrogen and oxygen atoms in total. The molecule has 6 heteroatoms. The van der Waals surface area contributed by atoms with Crippen LogP contribution in [0.25, 0.3) is 0 Å². The molecule has 0 amide bonds. The van der Waals surface area contributed by atoms with Gasteiger partial charge in [0.1, 0.15) is 11.8 Å². The van der Waals surface area contributed by atoms with Gasteiger partial charge >= 0.3 is 0 Å². The van der Waals surface area contributed by atoms with Gasteiger partial charge in [-0.15, -0.1) is 0 Å². The molecule has 0 spiro atoms. The number of amidine groups is 1. The number of fused-ring (bicyclic) bond motifs is 2. The number of nitriles is 1. The van der Waals surface area contributed by atoms with Crippen molar-refractivity contribution >= 4 is 11.8 Å². The second-order valence-corrected chi connectivity index (χ2v) is 9.31. The highest BCUT2D eigenvalue weighted by molar-refractivity contribution is 6.03. The van der Waals surface area contributed by atoms with Gasteiger partial charge in [-0.2, -0.15) is 5.26 Å². The summed E-state index contributed by atoms with van der Waals surface area (Å²) < 4.78 is 0. The van der Waals surface area contributed by atoms with Crippen molar-refractivity contribution in [2.45, 2.75) is 58.5 Å². The predicted molar refractivity (Wildman–Crippen MR) is 121 cm³/mol. The average Bonchev–Trinajstić information content (AvgIpc) is 2.72. The second kappa shape index (κ2) is 9.18. The summed E-state index contributed by atoms with van der Waals surface area (Å²) in [5.74, 6) is 3.08. The Balaban J connectivity index is 1.38. The standard InChI is InChI=1S/C24H34N6/c1-15-5-3-6-16(2)21(15)14-29-24-28-13-20(11-25)23(30-24)27-12-17-9-18-7-4-8-19(10-17)22(18)26/h3,5-6,17-20,22H,4,7-10,12-14,26H2,1-2H3,(H2,27,28,29,30)/t17?,18-,19+,20?,22?. The smallest absolute Gasteiger partial charge is 0.197 e. The monoisotopic (exact) mass is 406 g/mol. The molecule has 1 aromatic rings. The molecule has 1 heterocycles. The number of nitrogens with one attached hydrogen (secondary N) is 2. The summed E-state index contributed by atoms with van der Waals surface area (Å²) in [7, 11) is 0. The van der Waals surface area contributed by atoms with Crippen LogP contribution in [-0.2, 0) is 6.54 Å². The maximum Gasteiger partial charge on any atom is 0.197 e. The topological polar surface area (TPSA) is 98.6 Å². The van der Waals surface area contributed by atoms with E-state index in [0.29, 0.717) is 42.8 Å². The number of benzene rings is 1. The molecule has 2 saturated carbocycles. The van der Waals surface area contributed by atoms with E-state index in [-0.39, 0.29) is 5.92 Å². The zero-order valence-corrected chi connectivity index (χ0v) is 18.2. The number of aliphatic imine (C=N–C) groups is 2. The highest BCUT2D eigenvalue weighted by Crippen LogP contribution is 2.41. The average molecular weight is 407 g/mol. The Morgan fingerprint density at radius 3 is 2.60 bits per heavy atom. The van der Waals surface area contributed by atoms with Gasteiger partial charge in [-0.3, -0.25) is 9.98 Å². The quantitative estimate of drug-likeness (QED) is 0.716. The minimum atomic E-state index is -0.291. The SMILES string of the molecule is Cc1cccc(C)c1CNC1=NCC(C#N)C(=NCC2C[C@H]3CCC[C@@H](C2)C3N)N1. The van der Waals surface area contributed by atoms with Crippen LogP contribution in [0.15, 0.2) is 28.2 Å². The summed E-state index contributed by atoms with van der Waals surface area (Å²) in [6.45, 7) is 6.20. The first-order valence-corrected chi connectivity index (χ1v) is 11.3. The summed E-state index contributed by atoms with van der Waals surface area (Å²) >= 11 is 0. The molecule has 3 unspecified atom stereocenters. The maximum absolute atomic E-state index is 9.55.